The Morgan fingerprint density at radius 2 is 2.11 bits per heavy atom. The number of nitrogens with zero attached hydrogens (tertiary/aromatic N) is 1. The zero-order chi connectivity index (χ0) is 14.0. The molecule has 0 bridgehead atoms. The molecule has 0 spiro atoms. The molecule has 0 aliphatic rings. The Morgan fingerprint density at radius 1 is 1.37 bits per heavy atom. The Hall–Kier alpha value is -1.82. The minimum absolute atomic E-state index is 0.102. The van der Waals surface area contributed by atoms with E-state index in [4.69, 9.17) is 9.47 Å². The van der Waals surface area contributed by atoms with Crippen molar-refractivity contribution < 1.29 is 14.3 Å². The predicted molar refractivity (Wildman–Crippen MR) is 74.2 cm³/mol. The lowest BCUT2D eigenvalue weighted by atomic mass is 10.1. The molecule has 1 heterocycles. The first-order chi connectivity index (χ1) is 9.02. The third kappa shape index (κ3) is 2.78. The predicted octanol–water partition coefficient (Wildman–Crippen LogP) is 2.29. The van der Waals surface area contributed by atoms with E-state index in [9.17, 15) is 9.59 Å². The van der Waals surface area contributed by atoms with Crippen molar-refractivity contribution in [1.29, 1.82) is 0 Å². The van der Waals surface area contributed by atoms with Gasteiger partial charge in [-0.05, 0) is 34.1 Å². The van der Waals surface area contributed by atoms with Gasteiger partial charge in [-0.3, -0.25) is 14.2 Å². The van der Waals surface area contributed by atoms with Gasteiger partial charge in [0.05, 0.1) is 7.11 Å². The minimum Gasteiger partial charge on any atom is -0.497 e. The van der Waals surface area contributed by atoms with E-state index in [1.165, 1.54) is 11.5 Å². The van der Waals surface area contributed by atoms with Gasteiger partial charge >= 0.3 is 5.97 Å². The van der Waals surface area contributed by atoms with Gasteiger partial charge in [-0.15, -0.1) is 0 Å². The number of fused-ring (bicyclic) bond motifs is 1. The van der Waals surface area contributed by atoms with Gasteiger partial charge in [0.2, 0.25) is 0 Å². The number of hydrogen-bond donors (Lipinski definition) is 0. The maximum Gasteiger partial charge on any atom is 0.304 e. The lowest BCUT2D eigenvalue weighted by molar-refractivity contribution is -0.144. The molecule has 0 aliphatic carbocycles. The quantitative estimate of drug-likeness (QED) is 0.812. The zero-order valence-corrected chi connectivity index (χ0v) is 12.1. The van der Waals surface area contributed by atoms with Crippen LogP contribution in [0.15, 0.2) is 33.7 Å². The van der Waals surface area contributed by atoms with Crippen LogP contribution in [-0.2, 0) is 16.3 Å². The van der Waals surface area contributed by atoms with Gasteiger partial charge in [0.1, 0.15) is 5.75 Å². The second-order valence-electron chi connectivity index (χ2n) is 3.93. The Labute approximate surface area is 117 Å². The number of benzene rings is 1. The summed E-state index contributed by atoms with van der Waals surface area (Å²) in [5.74, 6) is 0.239. The van der Waals surface area contributed by atoms with Gasteiger partial charge < -0.3 is 9.47 Å². The van der Waals surface area contributed by atoms with E-state index in [1.807, 2.05) is 0 Å². The maximum atomic E-state index is 12.2. The summed E-state index contributed by atoms with van der Waals surface area (Å²) in [4.78, 5) is 23.0. The number of halogens is 1. The van der Waals surface area contributed by atoms with Crippen LogP contribution in [-0.4, -0.2) is 17.6 Å². The zero-order valence-electron chi connectivity index (χ0n) is 10.5. The van der Waals surface area contributed by atoms with Crippen molar-refractivity contribution in [2.45, 2.75) is 13.7 Å². The van der Waals surface area contributed by atoms with Crippen molar-refractivity contribution in [2.24, 2.45) is 0 Å². The van der Waals surface area contributed by atoms with Crippen LogP contribution in [0.4, 0.5) is 0 Å². The molecule has 1 aromatic carbocycles. The molecule has 1 aromatic heterocycles. The first-order valence-corrected chi connectivity index (χ1v) is 6.32. The van der Waals surface area contributed by atoms with Crippen LogP contribution in [0.25, 0.3) is 10.8 Å². The Bertz CT molecular complexity index is 693. The topological polar surface area (TPSA) is 57.5 Å². The SMILES string of the molecule is COc1ccc2c(=O)n(COC(C)=O)cc(Br)c2c1. The molecule has 100 valence electrons. The molecule has 19 heavy (non-hydrogen) atoms. The highest BCUT2D eigenvalue weighted by molar-refractivity contribution is 9.10. The molecule has 0 unspecified atom stereocenters. The number of carbonyl (C=O) groups is 1. The van der Waals surface area contributed by atoms with Gasteiger partial charge in [-0.2, -0.15) is 0 Å². The monoisotopic (exact) mass is 325 g/mol. The first-order valence-electron chi connectivity index (χ1n) is 5.53. The standard InChI is InChI=1S/C13H12BrNO4/c1-8(16)19-7-15-6-12(14)11-5-9(18-2)3-4-10(11)13(15)17/h3-6H,7H2,1-2H3. The molecular weight excluding hydrogens is 314 g/mol. The van der Waals surface area contributed by atoms with Crippen molar-refractivity contribution in [3.8, 4) is 5.75 Å². The number of esters is 1. The summed E-state index contributed by atoms with van der Waals surface area (Å²) in [6.45, 7) is 1.20. The number of carbonyl (C=O) groups excluding carboxylic acids is 1. The fourth-order valence-electron chi connectivity index (χ4n) is 1.71. The minimum atomic E-state index is -0.433. The van der Waals surface area contributed by atoms with Crippen molar-refractivity contribution in [1.82, 2.24) is 4.57 Å². The van der Waals surface area contributed by atoms with E-state index >= 15 is 0 Å². The second-order valence-corrected chi connectivity index (χ2v) is 4.78. The Kier molecular flexibility index (Phi) is 3.90. The van der Waals surface area contributed by atoms with E-state index in [1.54, 1.807) is 31.5 Å². The van der Waals surface area contributed by atoms with Gasteiger partial charge in [0.15, 0.2) is 6.73 Å². The second kappa shape index (κ2) is 5.44. The summed E-state index contributed by atoms with van der Waals surface area (Å²) in [6.07, 6.45) is 1.59. The summed E-state index contributed by atoms with van der Waals surface area (Å²) in [5, 5.41) is 1.28. The average Bonchev–Trinajstić information content (AvgIpc) is 2.40. The highest BCUT2D eigenvalue weighted by atomic mass is 79.9. The molecule has 2 rings (SSSR count). The summed E-state index contributed by atoms with van der Waals surface area (Å²) >= 11 is 3.40. The molecule has 2 aromatic rings. The van der Waals surface area contributed by atoms with Crippen LogP contribution >= 0.6 is 15.9 Å². The van der Waals surface area contributed by atoms with E-state index in [-0.39, 0.29) is 12.3 Å². The molecular formula is C13H12BrNO4. The highest BCUT2D eigenvalue weighted by Crippen LogP contribution is 2.25. The molecule has 0 radical (unpaired) electrons. The molecule has 0 saturated carbocycles. The average molecular weight is 326 g/mol. The van der Waals surface area contributed by atoms with Gasteiger partial charge in [-0.25, -0.2) is 0 Å². The number of hydrogen-bond acceptors (Lipinski definition) is 4. The van der Waals surface area contributed by atoms with Crippen LogP contribution in [0.1, 0.15) is 6.92 Å². The fourth-order valence-corrected chi connectivity index (χ4v) is 2.29. The molecule has 0 saturated heterocycles. The van der Waals surface area contributed by atoms with Crippen LogP contribution in [0.3, 0.4) is 0 Å². The Balaban J connectivity index is 2.56. The normalized spacial score (nSPS) is 10.5. The van der Waals surface area contributed by atoms with E-state index in [0.29, 0.717) is 11.1 Å². The van der Waals surface area contributed by atoms with Crippen molar-refractivity contribution in [2.75, 3.05) is 7.11 Å². The van der Waals surface area contributed by atoms with E-state index < -0.39 is 5.97 Å². The summed E-state index contributed by atoms with van der Waals surface area (Å²) in [6, 6.07) is 5.18. The molecule has 0 amide bonds. The van der Waals surface area contributed by atoms with Crippen LogP contribution in [0.5, 0.6) is 5.75 Å². The summed E-state index contributed by atoms with van der Waals surface area (Å²) < 4.78 is 12.0. The highest BCUT2D eigenvalue weighted by Gasteiger charge is 2.09. The number of aromatic nitrogens is 1. The maximum absolute atomic E-state index is 12.2. The van der Waals surface area contributed by atoms with Crippen molar-refractivity contribution in [3.05, 3.63) is 39.2 Å². The number of rotatable bonds is 3. The molecule has 0 fully saturated rings. The summed E-state index contributed by atoms with van der Waals surface area (Å²) in [7, 11) is 1.57. The summed E-state index contributed by atoms with van der Waals surface area (Å²) in [5.41, 5.74) is -0.220. The molecule has 0 aliphatic heterocycles. The number of methoxy groups -OCH3 is 1. The van der Waals surface area contributed by atoms with Crippen molar-refractivity contribution in [3.63, 3.8) is 0 Å². The largest absolute Gasteiger partial charge is 0.497 e. The van der Waals surface area contributed by atoms with Crippen LogP contribution in [0, 0.1) is 0 Å². The number of pyridine rings is 1. The van der Waals surface area contributed by atoms with Gasteiger partial charge in [0, 0.05) is 28.4 Å². The fraction of sp³-hybridized carbons (Fsp3) is 0.231. The number of ether oxygens (including phenoxy) is 2. The molecule has 5 nitrogen and oxygen atoms in total. The van der Waals surface area contributed by atoms with Gasteiger partial charge in [0.25, 0.3) is 5.56 Å². The third-order valence-corrected chi connectivity index (χ3v) is 3.28. The van der Waals surface area contributed by atoms with Crippen LogP contribution in [0.2, 0.25) is 0 Å². The molecule has 0 atom stereocenters. The first kappa shape index (κ1) is 13.6. The van der Waals surface area contributed by atoms with Gasteiger partial charge in [-0.1, -0.05) is 0 Å². The van der Waals surface area contributed by atoms with Crippen LogP contribution < -0.4 is 10.3 Å². The lowest BCUT2D eigenvalue weighted by Gasteiger charge is -2.10. The van der Waals surface area contributed by atoms with E-state index in [0.717, 1.165) is 9.86 Å². The smallest absolute Gasteiger partial charge is 0.304 e. The van der Waals surface area contributed by atoms with E-state index in [2.05, 4.69) is 15.9 Å². The molecule has 6 heteroatoms. The molecule has 0 N–H and O–H groups in total. The Morgan fingerprint density at radius 3 is 2.74 bits per heavy atom. The lowest BCUT2D eigenvalue weighted by Crippen LogP contribution is -2.22. The third-order valence-electron chi connectivity index (χ3n) is 2.65. The van der Waals surface area contributed by atoms with Crippen molar-refractivity contribution >= 4 is 32.7 Å².